The predicted molar refractivity (Wildman–Crippen MR) is 97.8 cm³/mol. The smallest absolute Gasteiger partial charge is 0.223 e. The first-order chi connectivity index (χ1) is 13.0. The molecule has 1 atom stereocenters. The van der Waals surface area contributed by atoms with E-state index < -0.39 is 0 Å². The summed E-state index contributed by atoms with van der Waals surface area (Å²) in [6.45, 7) is 1.88. The fourth-order valence-corrected chi connectivity index (χ4v) is 2.78. The molecule has 0 radical (unpaired) electrons. The van der Waals surface area contributed by atoms with Crippen molar-refractivity contribution in [2.45, 2.75) is 25.8 Å². The normalized spacial score (nSPS) is 12.0. The van der Waals surface area contributed by atoms with Crippen LogP contribution >= 0.6 is 0 Å². The van der Waals surface area contributed by atoms with E-state index in [9.17, 15) is 13.6 Å². The number of rotatable bonds is 6. The largest absolute Gasteiger partial charge is 0.441 e. The van der Waals surface area contributed by atoms with Gasteiger partial charge in [-0.15, -0.1) is 0 Å². The highest BCUT2D eigenvalue weighted by molar-refractivity contribution is 5.76. The standard InChI is InChI=1S/C21H20F2N2O2/c1-14(15-7-9-16(22)10-8-15)25(2)21(26)12-11-20-24-13-19(27-20)17-5-3-4-6-18(17)23/h3-10,13-14H,11-12H2,1-2H3. The first-order valence-corrected chi connectivity index (χ1v) is 8.66. The molecule has 3 rings (SSSR count). The Labute approximate surface area is 156 Å². The number of hydrogen-bond acceptors (Lipinski definition) is 3. The molecule has 27 heavy (non-hydrogen) atoms. The number of carbonyl (C=O) groups is 1. The Morgan fingerprint density at radius 1 is 1.15 bits per heavy atom. The molecule has 1 unspecified atom stereocenters. The van der Waals surface area contributed by atoms with Gasteiger partial charge in [0.2, 0.25) is 5.91 Å². The maximum atomic E-state index is 13.8. The molecule has 0 spiro atoms. The molecular weight excluding hydrogens is 350 g/mol. The van der Waals surface area contributed by atoms with Crippen molar-refractivity contribution < 1.29 is 18.0 Å². The van der Waals surface area contributed by atoms with Crippen LogP contribution in [0.2, 0.25) is 0 Å². The van der Waals surface area contributed by atoms with Crippen molar-refractivity contribution in [3.8, 4) is 11.3 Å². The van der Waals surface area contributed by atoms with Gasteiger partial charge in [0.05, 0.1) is 17.8 Å². The van der Waals surface area contributed by atoms with E-state index >= 15 is 0 Å². The van der Waals surface area contributed by atoms with Crippen LogP contribution in [0, 0.1) is 11.6 Å². The Morgan fingerprint density at radius 3 is 2.56 bits per heavy atom. The Hall–Kier alpha value is -3.02. The first-order valence-electron chi connectivity index (χ1n) is 8.66. The third kappa shape index (κ3) is 4.39. The molecule has 1 heterocycles. The Morgan fingerprint density at radius 2 is 1.85 bits per heavy atom. The van der Waals surface area contributed by atoms with Crippen LogP contribution < -0.4 is 0 Å². The monoisotopic (exact) mass is 370 g/mol. The van der Waals surface area contributed by atoms with E-state index in [1.165, 1.54) is 24.4 Å². The topological polar surface area (TPSA) is 46.3 Å². The minimum Gasteiger partial charge on any atom is -0.441 e. The van der Waals surface area contributed by atoms with Crippen LogP contribution in [0.25, 0.3) is 11.3 Å². The number of benzene rings is 2. The van der Waals surface area contributed by atoms with Gasteiger partial charge in [0.25, 0.3) is 0 Å². The zero-order valence-corrected chi connectivity index (χ0v) is 15.2. The second-order valence-electron chi connectivity index (χ2n) is 6.33. The van der Waals surface area contributed by atoms with Crippen molar-refractivity contribution in [1.82, 2.24) is 9.88 Å². The van der Waals surface area contributed by atoms with Crippen LogP contribution in [0.5, 0.6) is 0 Å². The second-order valence-corrected chi connectivity index (χ2v) is 6.33. The number of amides is 1. The lowest BCUT2D eigenvalue weighted by atomic mass is 10.1. The van der Waals surface area contributed by atoms with Crippen molar-refractivity contribution in [2.24, 2.45) is 0 Å². The quantitative estimate of drug-likeness (QED) is 0.628. The summed E-state index contributed by atoms with van der Waals surface area (Å²) in [5.41, 5.74) is 1.19. The van der Waals surface area contributed by atoms with Crippen LogP contribution in [0.15, 0.2) is 59.1 Å². The van der Waals surface area contributed by atoms with Crippen molar-refractivity contribution in [2.75, 3.05) is 7.05 Å². The molecule has 0 bridgehead atoms. The van der Waals surface area contributed by atoms with Gasteiger partial charge in [0, 0.05) is 19.9 Å². The summed E-state index contributed by atoms with van der Waals surface area (Å²) in [5.74, 6) is -0.0656. The molecule has 0 aliphatic rings. The maximum Gasteiger partial charge on any atom is 0.223 e. The van der Waals surface area contributed by atoms with Gasteiger partial charge >= 0.3 is 0 Å². The van der Waals surface area contributed by atoms with Crippen LogP contribution in [0.4, 0.5) is 8.78 Å². The van der Waals surface area contributed by atoms with Gasteiger partial charge in [-0.25, -0.2) is 13.8 Å². The molecule has 3 aromatic rings. The summed E-state index contributed by atoms with van der Waals surface area (Å²) in [7, 11) is 1.71. The number of aryl methyl sites for hydroxylation is 1. The fourth-order valence-electron chi connectivity index (χ4n) is 2.78. The lowest BCUT2D eigenvalue weighted by molar-refractivity contribution is -0.131. The van der Waals surface area contributed by atoms with Crippen molar-refractivity contribution in [3.05, 3.63) is 77.8 Å². The zero-order valence-electron chi connectivity index (χ0n) is 15.2. The highest BCUT2D eigenvalue weighted by atomic mass is 19.1. The summed E-state index contributed by atoms with van der Waals surface area (Å²) in [6.07, 6.45) is 1.98. The van der Waals surface area contributed by atoms with Gasteiger partial charge in [-0.05, 0) is 36.8 Å². The van der Waals surface area contributed by atoms with Crippen LogP contribution in [0.1, 0.15) is 30.8 Å². The molecular formula is C21H20F2N2O2. The molecule has 0 saturated heterocycles. The Bertz CT molecular complexity index is 922. The summed E-state index contributed by atoms with van der Waals surface area (Å²) in [5, 5.41) is 0. The minimum absolute atomic E-state index is 0.0857. The van der Waals surface area contributed by atoms with E-state index in [0.717, 1.165) is 5.56 Å². The van der Waals surface area contributed by atoms with Crippen LogP contribution in [-0.4, -0.2) is 22.8 Å². The summed E-state index contributed by atoms with van der Waals surface area (Å²) < 4.78 is 32.4. The van der Waals surface area contributed by atoms with Gasteiger partial charge < -0.3 is 9.32 Å². The molecule has 1 amide bonds. The first kappa shape index (κ1) is 18.8. The highest BCUT2D eigenvalue weighted by Crippen LogP contribution is 2.24. The predicted octanol–water partition coefficient (Wildman–Crippen LogP) is 4.77. The summed E-state index contributed by atoms with van der Waals surface area (Å²) in [6, 6.07) is 12.2. The maximum absolute atomic E-state index is 13.8. The molecule has 0 saturated carbocycles. The zero-order chi connectivity index (χ0) is 19.4. The number of halogens is 2. The summed E-state index contributed by atoms with van der Waals surface area (Å²) >= 11 is 0. The van der Waals surface area contributed by atoms with Gasteiger partial charge in [-0.2, -0.15) is 0 Å². The molecule has 140 valence electrons. The number of aromatic nitrogens is 1. The third-order valence-electron chi connectivity index (χ3n) is 4.57. The number of nitrogens with zero attached hydrogens (tertiary/aromatic N) is 2. The van der Waals surface area contributed by atoms with Gasteiger partial charge in [-0.3, -0.25) is 4.79 Å². The highest BCUT2D eigenvalue weighted by Gasteiger charge is 2.18. The fraction of sp³-hybridized carbons (Fsp3) is 0.238. The molecule has 6 heteroatoms. The van der Waals surface area contributed by atoms with Crippen molar-refractivity contribution >= 4 is 5.91 Å². The van der Waals surface area contributed by atoms with Gasteiger partial charge in [-0.1, -0.05) is 24.3 Å². The van der Waals surface area contributed by atoms with E-state index in [0.29, 0.717) is 23.6 Å². The molecule has 0 aliphatic carbocycles. The SMILES string of the molecule is CC(c1ccc(F)cc1)N(C)C(=O)CCc1ncc(-c2ccccc2F)o1. The molecule has 0 aliphatic heterocycles. The Kier molecular flexibility index (Phi) is 5.64. The molecule has 0 N–H and O–H groups in total. The second kappa shape index (κ2) is 8.12. The molecule has 2 aromatic carbocycles. The number of carbonyl (C=O) groups excluding carboxylic acids is 1. The summed E-state index contributed by atoms with van der Waals surface area (Å²) in [4.78, 5) is 18.2. The third-order valence-corrected chi connectivity index (χ3v) is 4.57. The molecule has 0 fully saturated rings. The average Bonchev–Trinajstić information content (AvgIpc) is 3.14. The van der Waals surface area contributed by atoms with E-state index in [1.54, 1.807) is 42.3 Å². The molecule has 1 aromatic heterocycles. The van der Waals surface area contributed by atoms with Crippen LogP contribution in [-0.2, 0) is 11.2 Å². The van der Waals surface area contributed by atoms with Gasteiger partial charge in [0.15, 0.2) is 11.7 Å². The number of oxazole rings is 1. The number of hydrogen-bond donors (Lipinski definition) is 0. The lowest BCUT2D eigenvalue weighted by Gasteiger charge is -2.25. The van der Waals surface area contributed by atoms with Crippen molar-refractivity contribution in [1.29, 1.82) is 0 Å². The van der Waals surface area contributed by atoms with E-state index in [-0.39, 0.29) is 30.0 Å². The Balaban J connectivity index is 1.60. The van der Waals surface area contributed by atoms with Crippen LogP contribution in [0.3, 0.4) is 0 Å². The van der Waals surface area contributed by atoms with E-state index in [4.69, 9.17) is 4.42 Å². The molecule has 4 nitrogen and oxygen atoms in total. The van der Waals surface area contributed by atoms with E-state index in [2.05, 4.69) is 4.98 Å². The van der Waals surface area contributed by atoms with E-state index in [1.807, 2.05) is 6.92 Å². The lowest BCUT2D eigenvalue weighted by Crippen LogP contribution is -2.29. The van der Waals surface area contributed by atoms with Crippen molar-refractivity contribution in [3.63, 3.8) is 0 Å². The van der Waals surface area contributed by atoms with Gasteiger partial charge in [0.1, 0.15) is 11.6 Å². The minimum atomic E-state index is -0.385. The average molecular weight is 370 g/mol.